The number of hydrogen-bond donors (Lipinski definition) is 2. The lowest BCUT2D eigenvalue weighted by Gasteiger charge is -2.33. The van der Waals surface area contributed by atoms with Crippen LogP contribution in [0.25, 0.3) is 0 Å². The number of rotatable bonds is 5. The summed E-state index contributed by atoms with van der Waals surface area (Å²) < 4.78 is 23.3. The zero-order valence-electron chi connectivity index (χ0n) is 15.8. The van der Waals surface area contributed by atoms with E-state index < -0.39 is 9.84 Å². The molecule has 4 unspecified atom stereocenters. The van der Waals surface area contributed by atoms with Crippen molar-refractivity contribution in [2.24, 2.45) is 28.7 Å². The molecular formula is C19H35N3O2S. The first kappa shape index (κ1) is 19.0. The van der Waals surface area contributed by atoms with E-state index >= 15 is 0 Å². The van der Waals surface area contributed by atoms with Crippen molar-refractivity contribution >= 4 is 15.8 Å². The van der Waals surface area contributed by atoms with E-state index in [-0.39, 0.29) is 5.92 Å². The standard InChI is InChI=1S/C19H35N3O2S/c1-14(2)11-20-19(21-12-15-8-9-25(23,24)13-15)22-18-7-6-16-4-3-5-17(16)10-18/h14-18H,3-13H2,1-2H3,(H2,20,21,22). The number of aliphatic imine (C=N–C) groups is 1. The van der Waals surface area contributed by atoms with Gasteiger partial charge in [0.05, 0.1) is 11.5 Å². The van der Waals surface area contributed by atoms with Gasteiger partial charge in [0.15, 0.2) is 15.8 Å². The smallest absolute Gasteiger partial charge is 0.191 e. The van der Waals surface area contributed by atoms with E-state index in [2.05, 4.69) is 24.5 Å². The molecule has 4 atom stereocenters. The molecule has 0 radical (unpaired) electrons. The van der Waals surface area contributed by atoms with E-state index in [1.807, 2.05) is 0 Å². The fourth-order valence-electron chi connectivity index (χ4n) is 4.73. The highest BCUT2D eigenvalue weighted by Crippen LogP contribution is 2.42. The van der Waals surface area contributed by atoms with Crippen LogP contribution < -0.4 is 10.6 Å². The normalized spacial score (nSPS) is 34.9. The average molecular weight is 370 g/mol. The van der Waals surface area contributed by atoms with Crippen LogP contribution in [0.2, 0.25) is 0 Å². The summed E-state index contributed by atoms with van der Waals surface area (Å²) in [6.07, 6.45) is 8.87. The summed E-state index contributed by atoms with van der Waals surface area (Å²) in [5.41, 5.74) is 0. The second-order valence-corrected chi connectivity index (χ2v) is 11.1. The van der Waals surface area contributed by atoms with Gasteiger partial charge >= 0.3 is 0 Å². The molecule has 5 nitrogen and oxygen atoms in total. The van der Waals surface area contributed by atoms with Gasteiger partial charge in [0.1, 0.15) is 0 Å². The predicted octanol–water partition coefficient (Wildman–Crippen LogP) is 2.58. The summed E-state index contributed by atoms with van der Waals surface area (Å²) >= 11 is 0. The monoisotopic (exact) mass is 369 g/mol. The lowest BCUT2D eigenvalue weighted by atomic mass is 9.79. The fraction of sp³-hybridized carbons (Fsp3) is 0.947. The van der Waals surface area contributed by atoms with E-state index in [4.69, 9.17) is 4.99 Å². The summed E-state index contributed by atoms with van der Waals surface area (Å²) in [7, 11) is -2.81. The van der Waals surface area contributed by atoms with Gasteiger partial charge < -0.3 is 10.6 Å². The maximum Gasteiger partial charge on any atom is 0.191 e. The molecule has 0 bridgehead atoms. The summed E-state index contributed by atoms with van der Waals surface area (Å²) in [4.78, 5) is 4.75. The van der Waals surface area contributed by atoms with Crippen LogP contribution in [0.4, 0.5) is 0 Å². The number of hydrogen-bond acceptors (Lipinski definition) is 3. The van der Waals surface area contributed by atoms with Gasteiger partial charge in [0.25, 0.3) is 0 Å². The van der Waals surface area contributed by atoms with Gasteiger partial charge in [-0.15, -0.1) is 0 Å². The topological polar surface area (TPSA) is 70.6 Å². The van der Waals surface area contributed by atoms with Crippen LogP contribution in [-0.2, 0) is 9.84 Å². The van der Waals surface area contributed by atoms with Gasteiger partial charge in [-0.2, -0.15) is 0 Å². The van der Waals surface area contributed by atoms with Crippen molar-refractivity contribution in [1.82, 2.24) is 10.6 Å². The van der Waals surface area contributed by atoms with Crippen molar-refractivity contribution in [2.75, 3.05) is 24.6 Å². The van der Waals surface area contributed by atoms with Crippen molar-refractivity contribution in [1.29, 1.82) is 0 Å². The second-order valence-electron chi connectivity index (χ2n) is 8.84. The van der Waals surface area contributed by atoms with Crippen LogP contribution in [0.15, 0.2) is 4.99 Å². The molecule has 0 aromatic rings. The van der Waals surface area contributed by atoms with Crippen molar-refractivity contribution in [3.63, 3.8) is 0 Å². The Morgan fingerprint density at radius 1 is 1.12 bits per heavy atom. The molecular weight excluding hydrogens is 334 g/mol. The number of guanidine groups is 1. The van der Waals surface area contributed by atoms with Crippen LogP contribution in [-0.4, -0.2) is 45.0 Å². The molecule has 0 aromatic carbocycles. The molecule has 2 aliphatic carbocycles. The maximum atomic E-state index is 11.6. The minimum absolute atomic E-state index is 0.224. The van der Waals surface area contributed by atoms with E-state index in [1.165, 1.54) is 38.5 Å². The molecule has 6 heteroatoms. The van der Waals surface area contributed by atoms with Crippen molar-refractivity contribution in [3.05, 3.63) is 0 Å². The Hall–Kier alpha value is -0.780. The highest BCUT2D eigenvalue weighted by molar-refractivity contribution is 7.91. The highest BCUT2D eigenvalue weighted by Gasteiger charge is 2.34. The van der Waals surface area contributed by atoms with E-state index in [1.54, 1.807) is 0 Å². The molecule has 3 aliphatic rings. The minimum atomic E-state index is -2.81. The molecule has 1 heterocycles. The Morgan fingerprint density at radius 2 is 1.92 bits per heavy atom. The van der Waals surface area contributed by atoms with Crippen LogP contribution in [0.5, 0.6) is 0 Å². The number of nitrogens with zero attached hydrogens (tertiary/aromatic N) is 1. The molecule has 0 aromatic heterocycles. The predicted molar refractivity (Wildman–Crippen MR) is 104 cm³/mol. The fourth-order valence-corrected chi connectivity index (χ4v) is 6.59. The molecule has 2 saturated carbocycles. The Labute approximate surface area is 153 Å². The Balaban J connectivity index is 1.53. The summed E-state index contributed by atoms with van der Waals surface area (Å²) in [6.45, 7) is 5.86. The van der Waals surface area contributed by atoms with E-state index in [9.17, 15) is 8.42 Å². The summed E-state index contributed by atoms with van der Waals surface area (Å²) in [5, 5.41) is 7.09. The molecule has 144 valence electrons. The SMILES string of the molecule is CC(C)CN=C(NCC1CCS(=O)(=O)C1)NC1CCC2CCCC2C1. The first-order valence-electron chi connectivity index (χ1n) is 10.2. The second kappa shape index (κ2) is 8.28. The maximum absolute atomic E-state index is 11.6. The Morgan fingerprint density at radius 3 is 2.64 bits per heavy atom. The molecule has 3 rings (SSSR count). The lowest BCUT2D eigenvalue weighted by Crippen LogP contribution is -2.47. The van der Waals surface area contributed by atoms with Gasteiger partial charge in [-0.05, 0) is 49.4 Å². The van der Waals surface area contributed by atoms with Crippen LogP contribution >= 0.6 is 0 Å². The Kier molecular flexibility index (Phi) is 6.29. The van der Waals surface area contributed by atoms with Crippen LogP contribution in [0.3, 0.4) is 0 Å². The van der Waals surface area contributed by atoms with Crippen LogP contribution in [0, 0.1) is 23.7 Å². The minimum Gasteiger partial charge on any atom is -0.356 e. The van der Waals surface area contributed by atoms with Gasteiger partial charge in [0, 0.05) is 19.1 Å². The average Bonchev–Trinajstić information content (AvgIpc) is 3.15. The molecule has 1 saturated heterocycles. The molecule has 0 spiro atoms. The first-order chi connectivity index (χ1) is 11.9. The zero-order valence-corrected chi connectivity index (χ0v) is 16.7. The quantitative estimate of drug-likeness (QED) is 0.577. The zero-order chi connectivity index (χ0) is 17.9. The third-order valence-corrected chi connectivity index (χ3v) is 7.97. The summed E-state index contributed by atoms with van der Waals surface area (Å²) in [5.74, 6) is 4.17. The van der Waals surface area contributed by atoms with Gasteiger partial charge in [-0.1, -0.05) is 33.1 Å². The van der Waals surface area contributed by atoms with E-state index in [0.717, 1.165) is 30.8 Å². The van der Waals surface area contributed by atoms with Gasteiger partial charge in [-0.3, -0.25) is 4.99 Å². The largest absolute Gasteiger partial charge is 0.356 e. The molecule has 25 heavy (non-hydrogen) atoms. The van der Waals surface area contributed by atoms with Gasteiger partial charge in [-0.25, -0.2) is 8.42 Å². The third kappa shape index (κ3) is 5.60. The Bertz CT molecular complexity index is 573. The highest BCUT2D eigenvalue weighted by atomic mass is 32.2. The summed E-state index contributed by atoms with van der Waals surface area (Å²) in [6, 6.07) is 0.519. The van der Waals surface area contributed by atoms with Crippen LogP contribution in [0.1, 0.15) is 58.8 Å². The molecule has 0 amide bonds. The van der Waals surface area contributed by atoms with Gasteiger partial charge in [0.2, 0.25) is 0 Å². The van der Waals surface area contributed by atoms with E-state index in [0.29, 0.717) is 30.0 Å². The number of sulfone groups is 1. The third-order valence-electron chi connectivity index (χ3n) is 6.13. The number of fused-ring (bicyclic) bond motifs is 1. The first-order valence-corrected chi connectivity index (χ1v) is 12.0. The molecule has 2 N–H and O–H groups in total. The lowest BCUT2D eigenvalue weighted by molar-refractivity contribution is 0.239. The number of nitrogens with one attached hydrogen (secondary N) is 2. The molecule has 1 aliphatic heterocycles. The van der Waals surface area contributed by atoms with Crippen molar-refractivity contribution in [2.45, 2.75) is 64.8 Å². The van der Waals surface area contributed by atoms with Crippen molar-refractivity contribution < 1.29 is 8.42 Å². The molecule has 3 fully saturated rings. The van der Waals surface area contributed by atoms with Crippen molar-refractivity contribution in [3.8, 4) is 0 Å².